The van der Waals surface area contributed by atoms with Crippen LogP contribution in [0.1, 0.15) is 38.4 Å². The summed E-state index contributed by atoms with van der Waals surface area (Å²) in [6, 6.07) is 3.56. The minimum Gasteiger partial charge on any atom is -0.484 e. The van der Waals surface area contributed by atoms with Gasteiger partial charge in [-0.15, -0.1) is 0 Å². The van der Waals surface area contributed by atoms with Crippen LogP contribution in [-0.4, -0.2) is 60.4 Å². The molecular formula is C20H27FN4O5S. The molecule has 31 heavy (non-hydrogen) atoms. The Labute approximate surface area is 181 Å². The third-order valence-corrected chi connectivity index (χ3v) is 5.96. The first-order chi connectivity index (χ1) is 14.6. The number of nitrogens with zero attached hydrogens (tertiary/aromatic N) is 4. The van der Waals surface area contributed by atoms with Gasteiger partial charge in [0.05, 0.1) is 23.7 Å². The highest BCUT2D eigenvalue weighted by Gasteiger charge is 2.26. The Bertz CT molecular complexity index is 1020. The van der Waals surface area contributed by atoms with E-state index in [1.165, 1.54) is 12.1 Å². The summed E-state index contributed by atoms with van der Waals surface area (Å²) in [6.07, 6.45) is 3.67. The number of benzene rings is 1. The van der Waals surface area contributed by atoms with Crippen LogP contribution in [-0.2, 0) is 21.2 Å². The van der Waals surface area contributed by atoms with Crippen LogP contribution in [0.5, 0.6) is 5.75 Å². The molecule has 1 fully saturated rings. The van der Waals surface area contributed by atoms with Crippen molar-refractivity contribution in [1.82, 2.24) is 19.9 Å². The van der Waals surface area contributed by atoms with Gasteiger partial charge in [0.25, 0.3) is 0 Å². The molecule has 2 aromatic rings. The van der Waals surface area contributed by atoms with Crippen molar-refractivity contribution in [2.24, 2.45) is 5.92 Å². The SMILES string of the molecule is CC(C)COC(=O)N1CCC(n2ncc(COc3ccc(S(C)(=O)=O)cc3F)n2)CC1. The molecule has 0 aliphatic carbocycles. The summed E-state index contributed by atoms with van der Waals surface area (Å²) in [5, 5.41) is 8.66. The van der Waals surface area contributed by atoms with Gasteiger partial charge < -0.3 is 14.4 Å². The molecule has 0 unspecified atom stereocenters. The van der Waals surface area contributed by atoms with Crippen LogP contribution in [0.4, 0.5) is 9.18 Å². The minimum atomic E-state index is -3.49. The van der Waals surface area contributed by atoms with E-state index in [1.807, 2.05) is 13.8 Å². The second-order valence-electron chi connectivity index (χ2n) is 8.00. The lowest BCUT2D eigenvalue weighted by Crippen LogP contribution is -2.40. The van der Waals surface area contributed by atoms with Crippen molar-refractivity contribution in [3.8, 4) is 5.75 Å². The van der Waals surface area contributed by atoms with Crippen molar-refractivity contribution < 1.29 is 27.1 Å². The second kappa shape index (κ2) is 9.63. The normalized spacial score (nSPS) is 15.3. The van der Waals surface area contributed by atoms with Crippen molar-refractivity contribution in [3.05, 3.63) is 35.9 Å². The van der Waals surface area contributed by atoms with E-state index in [2.05, 4.69) is 10.2 Å². The number of rotatable bonds is 7. The highest BCUT2D eigenvalue weighted by atomic mass is 32.2. The molecule has 1 aromatic carbocycles. The zero-order valence-electron chi connectivity index (χ0n) is 17.8. The van der Waals surface area contributed by atoms with Crippen LogP contribution in [0, 0.1) is 11.7 Å². The van der Waals surface area contributed by atoms with Crippen LogP contribution >= 0.6 is 0 Å². The van der Waals surface area contributed by atoms with Gasteiger partial charge in [-0.3, -0.25) is 0 Å². The average molecular weight is 455 g/mol. The fourth-order valence-corrected chi connectivity index (χ4v) is 3.77. The van der Waals surface area contributed by atoms with Crippen LogP contribution in [0.2, 0.25) is 0 Å². The van der Waals surface area contributed by atoms with Gasteiger partial charge in [-0.2, -0.15) is 15.0 Å². The quantitative estimate of drug-likeness (QED) is 0.634. The Kier molecular flexibility index (Phi) is 7.14. The summed E-state index contributed by atoms with van der Waals surface area (Å²) < 4.78 is 47.8. The van der Waals surface area contributed by atoms with Crippen LogP contribution in [0.15, 0.2) is 29.3 Å². The van der Waals surface area contributed by atoms with Gasteiger partial charge >= 0.3 is 6.09 Å². The predicted octanol–water partition coefficient (Wildman–Crippen LogP) is 2.83. The number of hydrogen-bond donors (Lipinski definition) is 0. The first-order valence-corrected chi connectivity index (χ1v) is 12.0. The maximum Gasteiger partial charge on any atom is 0.409 e. The van der Waals surface area contributed by atoms with Gasteiger partial charge in [-0.05, 0) is 37.0 Å². The van der Waals surface area contributed by atoms with Crippen molar-refractivity contribution in [2.75, 3.05) is 26.0 Å². The fraction of sp³-hybridized carbons (Fsp3) is 0.550. The number of amides is 1. The fourth-order valence-electron chi connectivity index (χ4n) is 3.14. The van der Waals surface area contributed by atoms with Gasteiger partial charge in [0.1, 0.15) is 12.3 Å². The van der Waals surface area contributed by atoms with Gasteiger partial charge in [-0.1, -0.05) is 13.8 Å². The number of aromatic nitrogens is 3. The van der Waals surface area contributed by atoms with E-state index in [0.717, 1.165) is 12.3 Å². The van der Waals surface area contributed by atoms with Crippen LogP contribution < -0.4 is 4.74 Å². The number of hydrogen-bond acceptors (Lipinski definition) is 7. The molecule has 9 nitrogen and oxygen atoms in total. The van der Waals surface area contributed by atoms with Gasteiger partial charge in [0, 0.05) is 19.3 Å². The molecular weight excluding hydrogens is 427 g/mol. The Balaban J connectivity index is 1.52. The summed E-state index contributed by atoms with van der Waals surface area (Å²) in [5.41, 5.74) is 0.519. The zero-order valence-corrected chi connectivity index (χ0v) is 18.6. The average Bonchev–Trinajstić information content (AvgIpc) is 3.19. The maximum absolute atomic E-state index is 14.1. The first-order valence-electron chi connectivity index (χ1n) is 10.1. The van der Waals surface area contributed by atoms with E-state index in [9.17, 15) is 17.6 Å². The highest BCUT2D eigenvalue weighted by molar-refractivity contribution is 7.90. The second-order valence-corrected chi connectivity index (χ2v) is 10.0. The Hall–Kier alpha value is -2.69. The van der Waals surface area contributed by atoms with E-state index in [4.69, 9.17) is 9.47 Å². The summed E-state index contributed by atoms with van der Waals surface area (Å²) in [4.78, 5) is 15.2. The van der Waals surface area contributed by atoms with Gasteiger partial charge in [-0.25, -0.2) is 17.6 Å². The molecule has 170 valence electrons. The molecule has 1 aliphatic heterocycles. The summed E-state index contributed by atoms with van der Waals surface area (Å²) in [5.74, 6) is -0.524. The molecule has 0 radical (unpaired) electrons. The molecule has 1 amide bonds. The third-order valence-electron chi connectivity index (χ3n) is 4.85. The molecule has 0 spiro atoms. The number of sulfone groups is 1. The lowest BCUT2D eigenvalue weighted by Gasteiger charge is -2.30. The molecule has 1 aliphatic rings. The molecule has 0 saturated carbocycles. The predicted molar refractivity (Wildman–Crippen MR) is 110 cm³/mol. The Morgan fingerprint density at radius 1 is 1.29 bits per heavy atom. The topological polar surface area (TPSA) is 104 Å². The zero-order chi connectivity index (χ0) is 22.6. The molecule has 11 heteroatoms. The van der Waals surface area contributed by atoms with Crippen molar-refractivity contribution in [2.45, 2.75) is 44.2 Å². The number of halogens is 1. The molecule has 0 N–H and O–H groups in total. The minimum absolute atomic E-state index is 0.00445. The standard InChI is InChI=1S/C20H27FN4O5S/c1-14(2)12-30-20(26)24-8-6-16(7-9-24)25-22-11-15(23-25)13-29-19-5-4-17(10-18(19)21)31(3,27)28/h4-5,10-11,14,16H,6-9,12-13H2,1-3H3. The van der Waals surface area contributed by atoms with Crippen LogP contribution in [0.3, 0.4) is 0 Å². The van der Waals surface area contributed by atoms with E-state index in [0.29, 0.717) is 44.1 Å². The molecule has 1 saturated heterocycles. The lowest BCUT2D eigenvalue weighted by atomic mass is 10.1. The van der Waals surface area contributed by atoms with Gasteiger partial charge in [0.15, 0.2) is 21.4 Å². The van der Waals surface area contributed by atoms with E-state index >= 15 is 0 Å². The summed E-state index contributed by atoms with van der Waals surface area (Å²) in [6.45, 7) is 5.50. The van der Waals surface area contributed by atoms with Crippen molar-refractivity contribution in [1.29, 1.82) is 0 Å². The van der Waals surface area contributed by atoms with Crippen molar-refractivity contribution in [3.63, 3.8) is 0 Å². The number of carbonyl (C=O) groups excluding carboxylic acids is 1. The summed E-state index contributed by atoms with van der Waals surface area (Å²) >= 11 is 0. The number of piperidine rings is 1. The monoisotopic (exact) mass is 454 g/mol. The number of ether oxygens (including phenoxy) is 2. The molecule has 1 aromatic heterocycles. The largest absolute Gasteiger partial charge is 0.484 e. The smallest absolute Gasteiger partial charge is 0.409 e. The van der Waals surface area contributed by atoms with Crippen LogP contribution in [0.25, 0.3) is 0 Å². The molecule has 2 heterocycles. The van der Waals surface area contributed by atoms with Crippen molar-refractivity contribution >= 4 is 15.9 Å². The highest BCUT2D eigenvalue weighted by Crippen LogP contribution is 2.23. The number of carbonyl (C=O) groups is 1. The summed E-state index contributed by atoms with van der Waals surface area (Å²) in [7, 11) is -3.49. The third kappa shape index (κ3) is 6.16. The van der Waals surface area contributed by atoms with E-state index in [-0.39, 0.29) is 29.4 Å². The Morgan fingerprint density at radius 3 is 2.61 bits per heavy atom. The molecule has 3 rings (SSSR count). The van der Waals surface area contributed by atoms with E-state index in [1.54, 1.807) is 15.9 Å². The van der Waals surface area contributed by atoms with Gasteiger partial charge in [0.2, 0.25) is 0 Å². The first kappa shape index (κ1) is 23.0. The Morgan fingerprint density at radius 2 is 2.00 bits per heavy atom. The number of likely N-dealkylation sites (tertiary alicyclic amines) is 1. The molecule has 0 bridgehead atoms. The van der Waals surface area contributed by atoms with E-state index < -0.39 is 15.7 Å². The lowest BCUT2D eigenvalue weighted by molar-refractivity contribution is 0.0776. The maximum atomic E-state index is 14.1. The molecule has 0 atom stereocenters.